The summed E-state index contributed by atoms with van der Waals surface area (Å²) in [5, 5.41) is 3.02. The molecule has 4 rings (SSSR count). The summed E-state index contributed by atoms with van der Waals surface area (Å²) in [5.41, 5.74) is 1.80. The number of rotatable bonds is 6. The first-order valence-electron chi connectivity index (χ1n) is 8.83. The van der Waals surface area contributed by atoms with Crippen molar-refractivity contribution in [1.82, 2.24) is 20.3 Å². The number of nitrogens with one attached hydrogen (secondary N) is 2. The number of aromatic amines is 1. The fraction of sp³-hybridized carbons (Fsp3) is 0.316. The van der Waals surface area contributed by atoms with Crippen molar-refractivity contribution in [3.8, 4) is 11.4 Å². The highest BCUT2D eigenvalue weighted by Gasteiger charge is 2.27. The average molecular weight is 367 g/mol. The van der Waals surface area contributed by atoms with Gasteiger partial charge < -0.3 is 24.4 Å². The van der Waals surface area contributed by atoms with Gasteiger partial charge in [-0.2, -0.15) is 0 Å². The Kier molecular flexibility index (Phi) is 4.88. The van der Waals surface area contributed by atoms with E-state index >= 15 is 0 Å². The molecule has 3 aromatic rings. The number of H-pyrrole nitrogens is 1. The summed E-state index contributed by atoms with van der Waals surface area (Å²) in [6.07, 6.45) is 4.45. The molecule has 27 heavy (non-hydrogen) atoms. The van der Waals surface area contributed by atoms with Crippen molar-refractivity contribution in [2.75, 3.05) is 25.1 Å². The molecule has 8 nitrogen and oxygen atoms in total. The Balaban J connectivity index is 1.38. The number of furan rings is 1. The summed E-state index contributed by atoms with van der Waals surface area (Å²) in [4.78, 5) is 26.6. The summed E-state index contributed by atoms with van der Waals surface area (Å²) in [6, 6.07) is 9.22. The number of hydrogen-bond donors (Lipinski definition) is 2. The Bertz CT molecular complexity index is 906. The van der Waals surface area contributed by atoms with Crippen LogP contribution in [0.4, 0.5) is 5.95 Å². The summed E-state index contributed by atoms with van der Waals surface area (Å²) in [7, 11) is 1.59. The van der Waals surface area contributed by atoms with Crippen molar-refractivity contribution in [1.29, 1.82) is 0 Å². The number of ether oxygens (including phenoxy) is 1. The van der Waals surface area contributed by atoms with E-state index in [1.807, 2.05) is 24.4 Å². The van der Waals surface area contributed by atoms with Crippen LogP contribution in [-0.2, 0) is 11.3 Å². The second-order valence-electron chi connectivity index (χ2n) is 6.43. The third-order valence-electron chi connectivity index (χ3n) is 4.50. The maximum absolute atomic E-state index is 12.4. The first kappa shape index (κ1) is 17.3. The second kappa shape index (κ2) is 7.63. The Morgan fingerprint density at radius 3 is 3.15 bits per heavy atom. The van der Waals surface area contributed by atoms with E-state index in [4.69, 9.17) is 9.15 Å². The predicted molar refractivity (Wildman–Crippen MR) is 99.3 cm³/mol. The van der Waals surface area contributed by atoms with Crippen molar-refractivity contribution in [3.63, 3.8) is 0 Å². The molecule has 2 N–H and O–H groups in total. The Labute approximate surface area is 156 Å². The molecule has 1 unspecified atom stereocenters. The number of carbonyl (C=O) groups excluding carboxylic acids is 1. The lowest BCUT2D eigenvalue weighted by atomic mass is 10.2. The summed E-state index contributed by atoms with van der Waals surface area (Å²) >= 11 is 0. The van der Waals surface area contributed by atoms with Crippen LogP contribution in [0.5, 0.6) is 0 Å². The zero-order valence-corrected chi connectivity index (χ0v) is 15.0. The SMILES string of the molecule is COCc1ccc(C(=O)NC2CCN(c3nccc(-c4ccc[nH]4)n3)C2)o1. The maximum Gasteiger partial charge on any atom is 0.287 e. The fourth-order valence-corrected chi connectivity index (χ4v) is 3.18. The van der Waals surface area contributed by atoms with Crippen molar-refractivity contribution in [2.24, 2.45) is 0 Å². The molecule has 0 bridgehead atoms. The monoisotopic (exact) mass is 367 g/mol. The van der Waals surface area contributed by atoms with Gasteiger partial charge >= 0.3 is 0 Å². The molecule has 0 spiro atoms. The normalized spacial score (nSPS) is 16.6. The molecule has 0 radical (unpaired) electrons. The molecule has 140 valence electrons. The van der Waals surface area contributed by atoms with Crippen molar-refractivity contribution in [3.05, 3.63) is 54.2 Å². The maximum atomic E-state index is 12.4. The van der Waals surface area contributed by atoms with Gasteiger partial charge in [-0.05, 0) is 36.8 Å². The van der Waals surface area contributed by atoms with Gasteiger partial charge in [-0.1, -0.05) is 0 Å². The average Bonchev–Trinajstić information content (AvgIpc) is 3.44. The number of carbonyl (C=O) groups is 1. The minimum atomic E-state index is -0.217. The molecule has 1 aliphatic heterocycles. The Morgan fingerprint density at radius 2 is 2.33 bits per heavy atom. The summed E-state index contributed by atoms with van der Waals surface area (Å²) in [5.74, 6) is 1.38. The number of anilines is 1. The summed E-state index contributed by atoms with van der Waals surface area (Å²) < 4.78 is 10.5. The van der Waals surface area contributed by atoms with Crippen LogP contribution in [-0.4, -0.2) is 47.1 Å². The van der Waals surface area contributed by atoms with Crippen LogP contribution in [0.25, 0.3) is 11.4 Å². The number of aromatic nitrogens is 3. The molecule has 1 aliphatic rings. The van der Waals surface area contributed by atoms with E-state index in [2.05, 4.69) is 25.2 Å². The van der Waals surface area contributed by atoms with Gasteiger partial charge in [-0.3, -0.25) is 4.79 Å². The molecule has 1 fully saturated rings. The number of hydrogen-bond acceptors (Lipinski definition) is 6. The number of nitrogens with zero attached hydrogens (tertiary/aromatic N) is 3. The molecule has 0 aliphatic carbocycles. The quantitative estimate of drug-likeness (QED) is 0.693. The zero-order chi connectivity index (χ0) is 18.6. The first-order chi connectivity index (χ1) is 13.2. The van der Waals surface area contributed by atoms with Crippen LogP contribution >= 0.6 is 0 Å². The molecule has 1 saturated heterocycles. The molecule has 0 aromatic carbocycles. The standard InChI is InChI=1S/C19H21N5O3/c1-26-12-14-4-5-17(27-14)18(25)22-13-7-10-24(11-13)19-21-9-6-16(23-19)15-3-2-8-20-15/h2-6,8-9,13,20H,7,10-12H2,1H3,(H,22,25). The molecule has 0 saturated carbocycles. The van der Waals surface area contributed by atoms with Crippen molar-refractivity contribution < 1.29 is 13.9 Å². The lowest BCUT2D eigenvalue weighted by molar-refractivity contribution is 0.0903. The minimum absolute atomic E-state index is 0.0196. The van der Waals surface area contributed by atoms with Crippen molar-refractivity contribution >= 4 is 11.9 Å². The molecule has 1 atom stereocenters. The lowest BCUT2D eigenvalue weighted by Crippen LogP contribution is -2.37. The van der Waals surface area contributed by atoms with Gasteiger partial charge in [-0.15, -0.1) is 0 Å². The zero-order valence-electron chi connectivity index (χ0n) is 15.0. The van der Waals surface area contributed by atoms with Gasteiger partial charge in [0.05, 0.1) is 11.4 Å². The van der Waals surface area contributed by atoms with E-state index in [0.29, 0.717) is 30.6 Å². The van der Waals surface area contributed by atoms with Crippen molar-refractivity contribution in [2.45, 2.75) is 19.1 Å². The minimum Gasteiger partial charge on any atom is -0.453 e. The van der Waals surface area contributed by atoms with E-state index < -0.39 is 0 Å². The van der Waals surface area contributed by atoms with E-state index in [1.54, 1.807) is 25.4 Å². The second-order valence-corrected chi connectivity index (χ2v) is 6.43. The topological polar surface area (TPSA) is 96.3 Å². The van der Waals surface area contributed by atoms with E-state index in [-0.39, 0.29) is 11.9 Å². The van der Waals surface area contributed by atoms with Gasteiger partial charge in [0.25, 0.3) is 5.91 Å². The third kappa shape index (κ3) is 3.85. The Hall–Kier alpha value is -3.13. The van der Waals surface area contributed by atoms with Gasteiger partial charge in [0.15, 0.2) is 5.76 Å². The molecular weight excluding hydrogens is 346 g/mol. The molecule has 1 amide bonds. The predicted octanol–water partition coefficient (Wildman–Crippen LogP) is 2.22. The van der Waals surface area contributed by atoms with E-state index in [0.717, 1.165) is 24.4 Å². The highest BCUT2D eigenvalue weighted by atomic mass is 16.5. The van der Waals surface area contributed by atoms with E-state index in [1.165, 1.54) is 0 Å². The van der Waals surface area contributed by atoms with Gasteiger partial charge in [-0.25, -0.2) is 9.97 Å². The lowest BCUT2D eigenvalue weighted by Gasteiger charge is -2.17. The van der Waals surface area contributed by atoms with Crippen LogP contribution in [0.15, 0.2) is 47.1 Å². The molecule has 8 heteroatoms. The molecular formula is C19H21N5O3. The number of amides is 1. The van der Waals surface area contributed by atoms with Gasteiger partial charge in [0.1, 0.15) is 12.4 Å². The largest absolute Gasteiger partial charge is 0.453 e. The molecule has 4 heterocycles. The van der Waals surface area contributed by atoms with Crippen LogP contribution in [0.2, 0.25) is 0 Å². The summed E-state index contributed by atoms with van der Waals surface area (Å²) in [6.45, 7) is 1.79. The highest BCUT2D eigenvalue weighted by molar-refractivity contribution is 5.91. The van der Waals surface area contributed by atoms with Gasteiger partial charge in [0, 0.05) is 38.6 Å². The highest BCUT2D eigenvalue weighted by Crippen LogP contribution is 2.20. The van der Waals surface area contributed by atoms with E-state index in [9.17, 15) is 4.79 Å². The number of methoxy groups -OCH3 is 1. The first-order valence-corrected chi connectivity index (χ1v) is 8.83. The van der Waals surface area contributed by atoms with Gasteiger partial charge in [0.2, 0.25) is 5.95 Å². The molecule has 3 aromatic heterocycles. The van der Waals surface area contributed by atoms with Crippen LogP contribution in [0.1, 0.15) is 22.7 Å². The smallest absolute Gasteiger partial charge is 0.287 e. The van der Waals surface area contributed by atoms with Crippen LogP contribution in [0, 0.1) is 0 Å². The van der Waals surface area contributed by atoms with Crippen LogP contribution in [0.3, 0.4) is 0 Å². The Morgan fingerprint density at radius 1 is 1.41 bits per heavy atom. The van der Waals surface area contributed by atoms with Crippen LogP contribution < -0.4 is 10.2 Å². The fourth-order valence-electron chi connectivity index (χ4n) is 3.18. The third-order valence-corrected chi connectivity index (χ3v) is 4.50.